The zero-order valence-corrected chi connectivity index (χ0v) is 17.4. The van der Waals surface area contributed by atoms with Gasteiger partial charge in [0.2, 0.25) is 0 Å². The molecule has 0 saturated carbocycles. The van der Waals surface area contributed by atoms with Gasteiger partial charge in [-0.3, -0.25) is 14.4 Å². The Balaban J connectivity index is 2.37. The maximum atomic E-state index is 13.4. The lowest BCUT2D eigenvalue weighted by Crippen LogP contribution is -2.47. The first-order valence-corrected chi connectivity index (χ1v) is 9.22. The highest BCUT2D eigenvalue weighted by atomic mass is 19.2. The first-order chi connectivity index (χ1) is 14.0. The van der Waals surface area contributed by atoms with E-state index in [0.717, 1.165) is 12.1 Å². The summed E-state index contributed by atoms with van der Waals surface area (Å²) in [7, 11) is 1.56. The molecule has 30 heavy (non-hydrogen) atoms. The molecule has 0 aliphatic carbocycles. The molecule has 1 aromatic carbocycles. The van der Waals surface area contributed by atoms with E-state index in [1.165, 1.54) is 17.6 Å². The third-order valence-electron chi connectivity index (χ3n) is 5.17. The minimum Gasteiger partial charge on any atom is -0.343 e. The fraction of sp³-hybridized carbons (Fsp3) is 0.318. The zero-order valence-electron chi connectivity index (χ0n) is 17.4. The third-order valence-corrected chi connectivity index (χ3v) is 5.17. The number of amides is 2. The van der Waals surface area contributed by atoms with Crippen LogP contribution < -0.4 is 10.6 Å². The van der Waals surface area contributed by atoms with Crippen LogP contribution in [0.5, 0.6) is 0 Å². The van der Waals surface area contributed by atoms with E-state index in [1.54, 1.807) is 27.8 Å². The molecule has 6 nitrogen and oxygen atoms in total. The summed E-state index contributed by atoms with van der Waals surface area (Å²) in [5.74, 6) is -2.01. The smallest absolute Gasteiger partial charge is 0.293 e. The zero-order chi connectivity index (χ0) is 22.8. The quantitative estimate of drug-likeness (QED) is 0.432. The van der Waals surface area contributed by atoms with E-state index in [4.69, 9.17) is 6.42 Å². The summed E-state index contributed by atoms with van der Waals surface area (Å²) >= 11 is 0. The molecule has 0 aliphatic heterocycles. The van der Waals surface area contributed by atoms with Crippen molar-refractivity contribution in [3.63, 3.8) is 0 Å². The number of aromatic nitrogens is 1. The maximum Gasteiger partial charge on any atom is 0.293 e. The van der Waals surface area contributed by atoms with Crippen molar-refractivity contribution in [3.8, 4) is 12.3 Å². The van der Waals surface area contributed by atoms with Gasteiger partial charge in [-0.25, -0.2) is 8.78 Å². The van der Waals surface area contributed by atoms with Gasteiger partial charge in [0.25, 0.3) is 17.6 Å². The summed E-state index contributed by atoms with van der Waals surface area (Å²) in [5, 5.41) is 5.01. The number of carbonyl (C=O) groups is 3. The summed E-state index contributed by atoms with van der Waals surface area (Å²) in [5.41, 5.74) is -0.0351. The fourth-order valence-electron chi connectivity index (χ4n) is 3.05. The van der Waals surface area contributed by atoms with Crippen LogP contribution in [-0.2, 0) is 11.8 Å². The molecule has 2 rings (SSSR count). The molecule has 2 N–H and O–H groups in total. The average Bonchev–Trinajstić information content (AvgIpc) is 2.92. The Hall–Kier alpha value is -3.47. The highest BCUT2D eigenvalue weighted by molar-refractivity contribution is 6.43. The molecule has 0 saturated heterocycles. The number of halogens is 2. The Labute approximate surface area is 173 Å². The molecule has 158 valence electrons. The molecule has 0 fully saturated rings. The first-order valence-electron chi connectivity index (χ1n) is 9.22. The van der Waals surface area contributed by atoms with E-state index >= 15 is 0 Å². The van der Waals surface area contributed by atoms with Gasteiger partial charge in [0.15, 0.2) is 11.6 Å². The Morgan fingerprint density at radius 2 is 1.83 bits per heavy atom. The molecule has 0 unspecified atom stereocenters. The van der Waals surface area contributed by atoms with Crippen LogP contribution in [0.1, 0.15) is 52.4 Å². The number of ketones is 1. The minimum atomic E-state index is -1.10. The molecule has 8 heteroatoms. The Morgan fingerprint density at radius 3 is 2.37 bits per heavy atom. The molecule has 0 radical (unpaired) electrons. The van der Waals surface area contributed by atoms with Gasteiger partial charge in [0.05, 0.1) is 11.1 Å². The summed E-state index contributed by atoms with van der Waals surface area (Å²) < 4.78 is 28.0. The third kappa shape index (κ3) is 4.25. The number of nitrogens with zero attached hydrogens (tertiary/aromatic N) is 1. The number of benzene rings is 1. The summed E-state index contributed by atoms with van der Waals surface area (Å²) in [4.78, 5) is 38.0. The van der Waals surface area contributed by atoms with Crippen molar-refractivity contribution in [2.45, 2.75) is 39.7 Å². The second-order valence-electron chi connectivity index (χ2n) is 7.19. The van der Waals surface area contributed by atoms with Crippen molar-refractivity contribution in [2.24, 2.45) is 7.05 Å². The topological polar surface area (TPSA) is 80.2 Å². The number of Topliss-reactive ketones (excluding diaryl/α,β-unsaturated/α-hetero) is 1. The van der Waals surface area contributed by atoms with Crippen molar-refractivity contribution in [1.29, 1.82) is 0 Å². The van der Waals surface area contributed by atoms with Crippen molar-refractivity contribution < 1.29 is 23.2 Å². The summed E-state index contributed by atoms with van der Waals surface area (Å²) in [6.07, 6.45) is 5.87. The number of hydrogen-bond acceptors (Lipinski definition) is 3. The van der Waals surface area contributed by atoms with Gasteiger partial charge >= 0.3 is 0 Å². The molecule has 0 spiro atoms. The molecule has 1 aromatic heterocycles. The predicted molar refractivity (Wildman–Crippen MR) is 109 cm³/mol. The van der Waals surface area contributed by atoms with Crippen LogP contribution in [0.2, 0.25) is 0 Å². The molecular weight excluding hydrogens is 392 g/mol. The van der Waals surface area contributed by atoms with E-state index in [9.17, 15) is 23.2 Å². The van der Waals surface area contributed by atoms with Gasteiger partial charge in [-0.05, 0) is 44.9 Å². The SMILES string of the molecule is C#C[C@](C)(CC)NC(=O)C(=O)c1c(C)c(C(=O)Nc2ccc(F)c(F)c2)n(C)c1C. The second-order valence-corrected chi connectivity index (χ2v) is 7.19. The van der Waals surface area contributed by atoms with Gasteiger partial charge in [0.1, 0.15) is 5.69 Å². The van der Waals surface area contributed by atoms with Gasteiger partial charge in [-0.15, -0.1) is 6.42 Å². The van der Waals surface area contributed by atoms with E-state index < -0.39 is 34.8 Å². The van der Waals surface area contributed by atoms with Crippen molar-refractivity contribution in [1.82, 2.24) is 9.88 Å². The molecule has 2 aromatic rings. The van der Waals surface area contributed by atoms with Crippen LogP contribution in [-0.4, -0.2) is 27.7 Å². The number of terminal acetylenes is 1. The molecule has 0 aliphatic rings. The van der Waals surface area contributed by atoms with Crippen molar-refractivity contribution in [3.05, 3.63) is 52.3 Å². The molecule has 1 atom stereocenters. The van der Waals surface area contributed by atoms with Crippen molar-refractivity contribution >= 4 is 23.3 Å². The summed E-state index contributed by atoms with van der Waals surface area (Å²) in [6, 6.07) is 2.96. The largest absolute Gasteiger partial charge is 0.343 e. The standard InChI is InChI=1S/C22H23F2N3O3/c1-7-22(5,8-2)26-21(30)19(28)17-12(3)18(27(6)13(17)4)20(29)25-14-9-10-15(23)16(24)11-14/h1,9-11H,8H2,2-6H3,(H,25,29)(H,26,30)/t22-/m1/s1. The van der Waals surface area contributed by atoms with Crippen LogP contribution in [0.4, 0.5) is 14.5 Å². The van der Waals surface area contributed by atoms with Crippen LogP contribution in [0.3, 0.4) is 0 Å². The van der Waals surface area contributed by atoms with Crippen LogP contribution in [0.15, 0.2) is 18.2 Å². The number of anilines is 1. The van der Waals surface area contributed by atoms with Gasteiger partial charge in [0, 0.05) is 24.5 Å². The minimum absolute atomic E-state index is 0.0514. The number of carbonyl (C=O) groups excluding carboxylic acids is 3. The van der Waals surface area contributed by atoms with E-state index in [1.807, 2.05) is 0 Å². The lowest BCUT2D eigenvalue weighted by molar-refractivity contribution is -0.118. The monoisotopic (exact) mass is 415 g/mol. The van der Waals surface area contributed by atoms with Gasteiger partial charge < -0.3 is 15.2 Å². The van der Waals surface area contributed by atoms with E-state index in [-0.39, 0.29) is 22.5 Å². The highest BCUT2D eigenvalue weighted by Crippen LogP contribution is 2.24. The number of hydrogen-bond donors (Lipinski definition) is 2. The van der Waals surface area contributed by atoms with Gasteiger partial charge in [-0.2, -0.15) is 0 Å². The van der Waals surface area contributed by atoms with Crippen LogP contribution >= 0.6 is 0 Å². The first kappa shape index (κ1) is 22.8. The maximum absolute atomic E-state index is 13.4. The van der Waals surface area contributed by atoms with Crippen LogP contribution in [0.25, 0.3) is 0 Å². The van der Waals surface area contributed by atoms with E-state index in [0.29, 0.717) is 12.1 Å². The van der Waals surface area contributed by atoms with Crippen LogP contribution in [0, 0.1) is 37.8 Å². The number of rotatable bonds is 6. The van der Waals surface area contributed by atoms with Crippen molar-refractivity contribution in [2.75, 3.05) is 5.32 Å². The van der Waals surface area contributed by atoms with Gasteiger partial charge in [-0.1, -0.05) is 12.8 Å². The highest BCUT2D eigenvalue weighted by Gasteiger charge is 2.31. The second kappa shape index (κ2) is 8.49. The molecular formula is C22H23F2N3O3. The Kier molecular flexibility index (Phi) is 6.46. The Bertz CT molecular complexity index is 1080. The summed E-state index contributed by atoms with van der Waals surface area (Å²) in [6.45, 7) is 6.55. The molecule has 2 amide bonds. The molecule has 0 bridgehead atoms. The number of nitrogens with one attached hydrogen (secondary N) is 2. The fourth-order valence-corrected chi connectivity index (χ4v) is 3.05. The Morgan fingerprint density at radius 1 is 1.20 bits per heavy atom. The lowest BCUT2D eigenvalue weighted by atomic mass is 9.98. The predicted octanol–water partition coefficient (Wildman–Crippen LogP) is 3.27. The molecule has 1 heterocycles. The normalized spacial score (nSPS) is 12.6. The lowest BCUT2D eigenvalue weighted by Gasteiger charge is -2.22. The van der Waals surface area contributed by atoms with E-state index in [2.05, 4.69) is 16.6 Å². The average molecular weight is 415 g/mol.